The Bertz CT molecular complexity index is 2430. The standard InChI is InChI=1S/C48H43N3O2/c1-2-10-28(11-3-1)29-18-22-32(23-19-29)44-47-45(35-15-7-9-17-39(35)52-47)50-48(49-44)51-37-16-8-6-14-34(37)42-38(51)26-25-36-43-40(53-46(36)42)27-24-31-21-20-30-12-4-5-13-33(30)41(31)43/h1-3,5-6,8-10,13,16-19,22-24,27-28,30,33-35,39H,4,7,11-12,14-15,20-21,25-26H2. The first kappa shape index (κ1) is 30.3. The molecule has 0 amide bonds. The number of benzene rings is 2. The lowest BCUT2D eigenvalue weighted by Gasteiger charge is -2.35. The van der Waals surface area contributed by atoms with Crippen LogP contribution in [-0.4, -0.2) is 16.1 Å². The summed E-state index contributed by atoms with van der Waals surface area (Å²) in [5, 5.41) is 1.41. The van der Waals surface area contributed by atoms with Crippen LogP contribution < -0.4 is 9.64 Å². The van der Waals surface area contributed by atoms with Crippen molar-refractivity contribution < 1.29 is 9.15 Å². The van der Waals surface area contributed by atoms with Crippen LogP contribution in [0.5, 0.6) is 5.75 Å². The Morgan fingerprint density at radius 1 is 0.774 bits per heavy atom. The minimum absolute atomic E-state index is 0.00995. The summed E-state index contributed by atoms with van der Waals surface area (Å²) in [7, 11) is 0. The van der Waals surface area contributed by atoms with Crippen molar-refractivity contribution in [1.82, 2.24) is 9.97 Å². The Hall–Kier alpha value is -5.16. The molecule has 5 heteroatoms. The highest BCUT2D eigenvalue weighted by molar-refractivity contribution is 5.95. The third kappa shape index (κ3) is 4.49. The van der Waals surface area contributed by atoms with Crippen molar-refractivity contribution in [2.75, 3.05) is 4.90 Å². The molecule has 8 aliphatic rings. The van der Waals surface area contributed by atoms with Crippen molar-refractivity contribution in [1.29, 1.82) is 0 Å². The van der Waals surface area contributed by atoms with Crippen molar-refractivity contribution in [2.45, 2.75) is 88.1 Å². The van der Waals surface area contributed by atoms with E-state index < -0.39 is 0 Å². The van der Waals surface area contributed by atoms with E-state index in [2.05, 4.69) is 108 Å². The molecule has 0 saturated heterocycles. The first-order valence-corrected chi connectivity index (χ1v) is 20.1. The van der Waals surface area contributed by atoms with Crippen LogP contribution in [0.4, 0.5) is 5.95 Å². The van der Waals surface area contributed by atoms with E-state index in [1.54, 1.807) is 5.56 Å². The lowest BCUT2D eigenvalue weighted by Crippen LogP contribution is -2.24. The number of hydrogen-bond acceptors (Lipinski definition) is 5. The zero-order valence-electron chi connectivity index (χ0n) is 30.0. The van der Waals surface area contributed by atoms with E-state index in [-0.39, 0.29) is 17.9 Å². The Morgan fingerprint density at radius 2 is 1.68 bits per heavy atom. The van der Waals surface area contributed by atoms with E-state index in [4.69, 9.17) is 19.1 Å². The van der Waals surface area contributed by atoms with Gasteiger partial charge in [-0.1, -0.05) is 85.0 Å². The van der Waals surface area contributed by atoms with Crippen LogP contribution in [0.15, 0.2) is 119 Å². The third-order valence-electron chi connectivity index (χ3n) is 13.6. The van der Waals surface area contributed by atoms with E-state index >= 15 is 0 Å². The van der Waals surface area contributed by atoms with Crippen molar-refractivity contribution in [3.63, 3.8) is 0 Å². The minimum atomic E-state index is 0.00995. The molecule has 4 heterocycles. The summed E-state index contributed by atoms with van der Waals surface area (Å²) >= 11 is 0. The fourth-order valence-electron chi connectivity index (χ4n) is 11.1. The minimum Gasteiger partial charge on any atom is -0.481 e. The molecular weight excluding hydrogens is 651 g/mol. The van der Waals surface area contributed by atoms with E-state index in [1.165, 1.54) is 64.7 Å². The van der Waals surface area contributed by atoms with Crippen LogP contribution in [0, 0.1) is 11.8 Å². The van der Waals surface area contributed by atoms with Crippen LogP contribution >= 0.6 is 0 Å². The number of hydrogen-bond donors (Lipinski definition) is 0. The molecule has 2 aliphatic heterocycles. The highest BCUT2D eigenvalue weighted by Gasteiger charge is 2.46. The predicted molar refractivity (Wildman–Crippen MR) is 211 cm³/mol. The van der Waals surface area contributed by atoms with Gasteiger partial charge in [0.1, 0.15) is 23.1 Å². The number of allylic oxidation sites excluding steroid dienone is 12. The Balaban J connectivity index is 1.02. The van der Waals surface area contributed by atoms with Gasteiger partial charge in [0.2, 0.25) is 5.95 Å². The largest absolute Gasteiger partial charge is 0.481 e. The van der Waals surface area contributed by atoms with Gasteiger partial charge in [0, 0.05) is 57.2 Å². The van der Waals surface area contributed by atoms with Crippen LogP contribution in [0.1, 0.15) is 103 Å². The molecule has 6 atom stereocenters. The maximum absolute atomic E-state index is 7.05. The predicted octanol–water partition coefficient (Wildman–Crippen LogP) is 11.3. The number of fused-ring (bicyclic) bond motifs is 13. The summed E-state index contributed by atoms with van der Waals surface area (Å²) in [6, 6.07) is 13.7. The smallest absolute Gasteiger partial charge is 0.235 e. The van der Waals surface area contributed by atoms with Gasteiger partial charge in [-0.15, -0.1) is 0 Å². The van der Waals surface area contributed by atoms with Gasteiger partial charge in [0.25, 0.3) is 0 Å². The maximum atomic E-state index is 7.05. The lowest BCUT2D eigenvalue weighted by atomic mass is 9.69. The zero-order valence-corrected chi connectivity index (χ0v) is 30.0. The molecule has 0 fully saturated rings. The highest BCUT2D eigenvalue weighted by atomic mass is 16.5. The SMILES string of the molecule is C1=CCC2C(=C1)N(c1nc(-c3ccc(C4C=CC=CC4)cc3)c3c(n1)C1CCC=CC1O3)C1=C2c2oc3ccc4c(c3c2CC1)C1C=CCCC1CC4. The molecule has 6 unspecified atom stereocenters. The molecule has 0 saturated carbocycles. The second-order valence-corrected chi connectivity index (χ2v) is 16.3. The van der Waals surface area contributed by atoms with Gasteiger partial charge in [-0.2, -0.15) is 0 Å². The normalized spacial score (nSPS) is 28.5. The van der Waals surface area contributed by atoms with E-state index in [0.29, 0.717) is 11.8 Å². The molecule has 2 aromatic carbocycles. The molecule has 262 valence electrons. The summed E-state index contributed by atoms with van der Waals surface area (Å²) in [5.74, 6) is 4.84. The Labute approximate surface area is 310 Å². The fraction of sp³-hybridized carbons (Fsp3) is 0.333. The van der Waals surface area contributed by atoms with Gasteiger partial charge in [-0.3, -0.25) is 4.90 Å². The Morgan fingerprint density at radius 3 is 2.60 bits per heavy atom. The van der Waals surface area contributed by atoms with Crippen LogP contribution in [-0.2, 0) is 12.8 Å². The van der Waals surface area contributed by atoms with Gasteiger partial charge in [-0.25, -0.2) is 9.97 Å². The lowest BCUT2D eigenvalue weighted by molar-refractivity contribution is 0.244. The summed E-state index contributed by atoms with van der Waals surface area (Å²) in [6.07, 6.45) is 36.1. The molecule has 4 aromatic rings. The molecule has 6 aliphatic carbocycles. The number of anilines is 1. The fourth-order valence-corrected chi connectivity index (χ4v) is 11.1. The number of rotatable bonds is 3. The number of aryl methyl sites for hydroxylation is 2. The molecule has 0 spiro atoms. The van der Waals surface area contributed by atoms with Crippen LogP contribution in [0.3, 0.4) is 0 Å². The second kappa shape index (κ2) is 11.7. The molecule has 0 bridgehead atoms. The number of nitrogens with zero attached hydrogens (tertiary/aromatic N) is 3. The molecule has 0 radical (unpaired) electrons. The molecule has 0 N–H and O–H groups in total. The molecule has 12 rings (SSSR count). The molecular formula is C48H43N3O2. The van der Waals surface area contributed by atoms with E-state index in [9.17, 15) is 0 Å². The average Bonchev–Trinajstić information content (AvgIpc) is 3.90. The quantitative estimate of drug-likeness (QED) is 0.200. The average molecular weight is 694 g/mol. The highest BCUT2D eigenvalue weighted by Crippen LogP contribution is 2.56. The van der Waals surface area contributed by atoms with Crippen molar-refractivity contribution >= 4 is 22.5 Å². The summed E-state index contributed by atoms with van der Waals surface area (Å²) < 4.78 is 13.8. The number of ether oxygens (including phenoxy) is 1. The van der Waals surface area contributed by atoms with Crippen LogP contribution in [0.25, 0.3) is 27.8 Å². The first-order chi connectivity index (χ1) is 26.3. The van der Waals surface area contributed by atoms with Gasteiger partial charge in [0.15, 0.2) is 5.75 Å². The topological polar surface area (TPSA) is 51.4 Å². The summed E-state index contributed by atoms with van der Waals surface area (Å²) in [5.41, 5.74) is 13.9. The maximum Gasteiger partial charge on any atom is 0.235 e. The van der Waals surface area contributed by atoms with Crippen LogP contribution in [0.2, 0.25) is 0 Å². The number of furan rings is 1. The zero-order chi connectivity index (χ0) is 34.6. The second-order valence-electron chi connectivity index (χ2n) is 16.3. The monoisotopic (exact) mass is 693 g/mol. The van der Waals surface area contributed by atoms with Gasteiger partial charge >= 0.3 is 0 Å². The molecule has 2 aromatic heterocycles. The Kier molecular flexibility index (Phi) is 6.67. The molecule has 53 heavy (non-hydrogen) atoms. The van der Waals surface area contributed by atoms with Crippen molar-refractivity contribution in [3.05, 3.63) is 148 Å². The summed E-state index contributed by atoms with van der Waals surface area (Å²) in [4.78, 5) is 13.4. The van der Waals surface area contributed by atoms with Gasteiger partial charge in [-0.05, 0) is 105 Å². The first-order valence-electron chi connectivity index (χ1n) is 20.1. The van der Waals surface area contributed by atoms with E-state index in [1.807, 2.05) is 0 Å². The van der Waals surface area contributed by atoms with Crippen molar-refractivity contribution in [2.24, 2.45) is 11.8 Å². The van der Waals surface area contributed by atoms with Gasteiger partial charge < -0.3 is 9.15 Å². The van der Waals surface area contributed by atoms with Crippen molar-refractivity contribution in [3.8, 4) is 17.0 Å². The van der Waals surface area contributed by atoms with E-state index in [0.717, 1.165) is 84.4 Å². The summed E-state index contributed by atoms with van der Waals surface area (Å²) in [6.45, 7) is 0. The number of aromatic nitrogens is 2. The molecule has 5 nitrogen and oxygen atoms in total. The van der Waals surface area contributed by atoms with Gasteiger partial charge in [0.05, 0.1) is 5.69 Å². The third-order valence-corrected chi connectivity index (χ3v) is 13.6.